The molecule has 0 atom stereocenters. The van der Waals surface area contributed by atoms with E-state index in [2.05, 4.69) is 146 Å². The van der Waals surface area contributed by atoms with E-state index in [1.807, 2.05) is 0 Å². The molecular weight excluding hydrogens is 646 g/mol. The van der Waals surface area contributed by atoms with Crippen LogP contribution in [0, 0.1) is 7.14 Å². The molecule has 5 heteroatoms. The molecule has 0 radical (unpaired) electrons. The van der Waals surface area contributed by atoms with Gasteiger partial charge in [0.05, 0.1) is 55.0 Å². The normalized spacial score (nSPS) is 12.1. The molecule has 0 aliphatic rings. The van der Waals surface area contributed by atoms with Crippen LogP contribution in [0.4, 0.5) is 0 Å². The van der Waals surface area contributed by atoms with Crippen LogP contribution in [-0.2, 0) is 19.5 Å². The molecule has 3 rings (SSSR count). The molecule has 0 bridgehead atoms. The van der Waals surface area contributed by atoms with Gasteiger partial charge in [0.15, 0.2) is 0 Å². The van der Waals surface area contributed by atoms with Crippen molar-refractivity contribution < 1.29 is 13.7 Å². The largest absolute Gasteiger partial charge is 0.491 e. The lowest BCUT2D eigenvalue weighted by Gasteiger charge is -2.30. The van der Waals surface area contributed by atoms with Crippen molar-refractivity contribution in [3.63, 3.8) is 0 Å². The fourth-order valence-electron chi connectivity index (χ4n) is 4.31. The highest BCUT2D eigenvalue weighted by atomic mass is 127. The van der Waals surface area contributed by atoms with Gasteiger partial charge in [0.25, 0.3) is 0 Å². The van der Waals surface area contributed by atoms with E-state index in [0.29, 0.717) is 0 Å². The fourth-order valence-corrected chi connectivity index (χ4v) is 6.52. The van der Waals surface area contributed by atoms with Crippen LogP contribution in [0.1, 0.15) is 23.1 Å². The molecule has 0 fully saturated rings. The number of benzene rings is 3. The second-order valence-corrected chi connectivity index (χ2v) is 12.8. The molecule has 0 aliphatic heterocycles. The van der Waals surface area contributed by atoms with Crippen LogP contribution < -0.4 is 4.74 Å². The van der Waals surface area contributed by atoms with Crippen LogP contribution >= 0.6 is 45.2 Å². The van der Waals surface area contributed by atoms with Gasteiger partial charge in [-0.05, 0) is 62.9 Å². The molecule has 0 unspecified atom stereocenters. The highest BCUT2D eigenvalue weighted by molar-refractivity contribution is 14.1. The number of nitrogens with zero attached hydrogens (tertiary/aromatic N) is 2. The summed E-state index contributed by atoms with van der Waals surface area (Å²) in [7, 11) is 9.23. The Morgan fingerprint density at radius 1 is 0.647 bits per heavy atom. The number of rotatable bonds is 12. The van der Waals surface area contributed by atoms with Gasteiger partial charge in [0.1, 0.15) is 18.8 Å². The topological polar surface area (TPSA) is 9.23 Å². The third-order valence-electron chi connectivity index (χ3n) is 6.12. The summed E-state index contributed by atoms with van der Waals surface area (Å²) in [6, 6.07) is 26.1. The summed E-state index contributed by atoms with van der Waals surface area (Å²) in [5.41, 5.74) is 4.17. The van der Waals surface area contributed by atoms with Gasteiger partial charge in [-0.15, -0.1) is 0 Å². The third kappa shape index (κ3) is 9.13. The number of halogens is 2. The first-order valence-corrected chi connectivity index (χ1v) is 14.1. The maximum absolute atomic E-state index is 6.26. The predicted octanol–water partition coefficient (Wildman–Crippen LogP) is 6.76. The molecule has 0 saturated heterocycles. The Morgan fingerprint density at radius 2 is 1.12 bits per heavy atom. The standard InChI is InChI=1S/C29H38I2N2O/c1-32(2,22-24-12-7-5-8-13-24)17-11-19-34-29-27(30)20-26(21-28(29)31)16-18-33(3,4)23-25-14-9-6-10-15-25/h5-10,12-15,20-21H,11,16-19,22-23H2,1-4H3/q+2. The van der Waals surface area contributed by atoms with Gasteiger partial charge in [-0.1, -0.05) is 60.7 Å². The van der Waals surface area contributed by atoms with Crippen molar-refractivity contribution in [1.82, 2.24) is 0 Å². The van der Waals surface area contributed by atoms with E-state index in [1.54, 1.807) is 0 Å². The van der Waals surface area contributed by atoms with E-state index in [0.717, 1.165) is 60.3 Å². The van der Waals surface area contributed by atoms with Crippen LogP contribution in [0.3, 0.4) is 0 Å². The van der Waals surface area contributed by atoms with E-state index in [1.165, 1.54) is 23.8 Å². The maximum atomic E-state index is 6.26. The van der Waals surface area contributed by atoms with Crippen molar-refractivity contribution in [2.24, 2.45) is 0 Å². The SMILES string of the molecule is C[N+](C)(CCCOc1c(I)cc(CC[N+](C)(C)Cc2ccccc2)cc1I)Cc1ccccc1. The number of likely N-dealkylation sites (N-methyl/N-ethyl adjacent to an activating group) is 1. The molecule has 0 aliphatic carbocycles. The monoisotopic (exact) mass is 684 g/mol. The zero-order valence-electron chi connectivity index (χ0n) is 20.9. The van der Waals surface area contributed by atoms with E-state index in [-0.39, 0.29) is 0 Å². The summed E-state index contributed by atoms with van der Waals surface area (Å²) in [4.78, 5) is 0. The Morgan fingerprint density at radius 3 is 1.62 bits per heavy atom. The van der Waals surface area contributed by atoms with Crippen LogP contribution in [0.15, 0.2) is 72.8 Å². The first-order valence-electron chi connectivity index (χ1n) is 12.0. The zero-order valence-corrected chi connectivity index (χ0v) is 25.3. The summed E-state index contributed by atoms with van der Waals surface area (Å²) in [6.45, 7) is 5.05. The Hall–Kier alpha value is -1.16. The lowest BCUT2D eigenvalue weighted by molar-refractivity contribution is -0.903. The second-order valence-electron chi connectivity index (χ2n) is 10.4. The highest BCUT2D eigenvalue weighted by Crippen LogP contribution is 2.29. The van der Waals surface area contributed by atoms with E-state index >= 15 is 0 Å². The van der Waals surface area contributed by atoms with Gasteiger partial charge >= 0.3 is 0 Å². The van der Waals surface area contributed by atoms with Crippen molar-refractivity contribution in [1.29, 1.82) is 0 Å². The summed E-state index contributed by atoms with van der Waals surface area (Å²) in [5.74, 6) is 1.04. The van der Waals surface area contributed by atoms with Crippen molar-refractivity contribution in [2.75, 3.05) is 47.9 Å². The zero-order chi connectivity index (χ0) is 24.6. The summed E-state index contributed by atoms with van der Waals surface area (Å²) in [6.07, 6.45) is 2.11. The molecule has 0 amide bonds. The molecule has 3 aromatic rings. The van der Waals surface area contributed by atoms with Crippen LogP contribution in [-0.4, -0.2) is 56.9 Å². The maximum Gasteiger partial charge on any atom is 0.145 e. The molecular formula is C29H38I2N2O+2. The first-order chi connectivity index (χ1) is 16.1. The van der Waals surface area contributed by atoms with Crippen molar-refractivity contribution in [3.8, 4) is 5.75 Å². The van der Waals surface area contributed by atoms with E-state index in [4.69, 9.17) is 4.74 Å². The van der Waals surface area contributed by atoms with Gasteiger partial charge in [-0.3, -0.25) is 0 Å². The smallest absolute Gasteiger partial charge is 0.145 e. The molecule has 0 N–H and O–H groups in total. The Balaban J connectivity index is 1.49. The van der Waals surface area contributed by atoms with Crippen LogP contribution in [0.5, 0.6) is 5.75 Å². The van der Waals surface area contributed by atoms with Crippen LogP contribution in [0.2, 0.25) is 0 Å². The number of ether oxygens (including phenoxy) is 1. The summed E-state index contributed by atoms with van der Waals surface area (Å²) in [5, 5.41) is 0. The number of hydrogen-bond donors (Lipinski definition) is 0. The number of hydrogen-bond acceptors (Lipinski definition) is 1. The van der Waals surface area contributed by atoms with Gasteiger partial charge in [-0.2, -0.15) is 0 Å². The quantitative estimate of drug-likeness (QED) is 0.117. The molecule has 0 saturated carbocycles. The van der Waals surface area contributed by atoms with Gasteiger partial charge in [0.2, 0.25) is 0 Å². The van der Waals surface area contributed by atoms with Gasteiger partial charge < -0.3 is 13.7 Å². The van der Waals surface area contributed by atoms with Crippen molar-refractivity contribution in [3.05, 3.63) is 96.6 Å². The third-order valence-corrected chi connectivity index (χ3v) is 7.73. The van der Waals surface area contributed by atoms with Gasteiger partial charge in [-0.25, -0.2) is 0 Å². The molecule has 34 heavy (non-hydrogen) atoms. The van der Waals surface area contributed by atoms with Gasteiger partial charge in [0, 0.05) is 24.0 Å². The highest BCUT2D eigenvalue weighted by Gasteiger charge is 2.18. The minimum atomic E-state index is 0.753. The molecule has 3 aromatic carbocycles. The van der Waals surface area contributed by atoms with E-state index < -0.39 is 0 Å². The van der Waals surface area contributed by atoms with Crippen LogP contribution in [0.25, 0.3) is 0 Å². The summed E-state index contributed by atoms with van der Waals surface area (Å²) < 4.78 is 10.6. The average Bonchev–Trinajstić information content (AvgIpc) is 2.77. The lowest BCUT2D eigenvalue weighted by atomic mass is 10.1. The first kappa shape index (κ1) is 27.4. The molecule has 0 spiro atoms. The molecule has 3 nitrogen and oxygen atoms in total. The summed E-state index contributed by atoms with van der Waals surface area (Å²) >= 11 is 4.87. The Bertz CT molecular complexity index is 1010. The van der Waals surface area contributed by atoms with Crippen molar-refractivity contribution >= 4 is 45.2 Å². The average molecular weight is 684 g/mol. The fraction of sp³-hybridized carbons (Fsp3) is 0.379. The Kier molecular flexibility index (Phi) is 10.2. The lowest BCUT2D eigenvalue weighted by Crippen LogP contribution is -2.40. The second kappa shape index (κ2) is 12.7. The minimum absolute atomic E-state index is 0.753. The molecule has 0 aromatic heterocycles. The minimum Gasteiger partial charge on any atom is -0.491 e. The van der Waals surface area contributed by atoms with E-state index in [9.17, 15) is 0 Å². The Labute approximate surface area is 233 Å². The molecule has 0 heterocycles. The number of quaternary nitrogens is 2. The predicted molar refractivity (Wildman–Crippen MR) is 160 cm³/mol. The molecule has 182 valence electrons. The van der Waals surface area contributed by atoms with Crippen molar-refractivity contribution in [2.45, 2.75) is 25.9 Å².